The van der Waals surface area contributed by atoms with E-state index < -0.39 is 10.0 Å². The maximum atomic E-state index is 11.9. The molecule has 0 spiro atoms. The summed E-state index contributed by atoms with van der Waals surface area (Å²) in [6, 6.07) is 5.66. The molecule has 0 fully saturated rings. The van der Waals surface area contributed by atoms with Crippen LogP contribution in [0, 0.1) is 12.3 Å². The number of benzene rings is 1. The molecule has 0 atom stereocenters. The van der Waals surface area contributed by atoms with Crippen molar-refractivity contribution >= 4 is 15.9 Å². The Morgan fingerprint density at radius 3 is 2.59 bits per heavy atom. The maximum absolute atomic E-state index is 11.9. The van der Waals surface area contributed by atoms with E-state index in [1.54, 1.807) is 0 Å². The van der Waals surface area contributed by atoms with Crippen molar-refractivity contribution in [1.82, 2.24) is 10.0 Å². The fourth-order valence-electron chi connectivity index (χ4n) is 1.63. The van der Waals surface area contributed by atoms with E-state index in [1.165, 1.54) is 24.3 Å². The number of ether oxygens (including phenoxy) is 1. The van der Waals surface area contributed by atoms with Gasteiger partial charge >= 0.3 is 0 Å². The van der Waals surface area contributed by atoms with Crippen LogP contribution in [0.1, 0.15) is 23.7 Å². The van der Waals surface area contributed by atoms with E-state index in [1.807, 2.05) is 6.92 Å². The molecular formula is C15H20N2O4S. The van der Waals surface area contributed by atoms with E-state index in [9.17, 15) is 13.2 Å². The highest BCUT2D eigenvalue weighted by Gasteiger charge is 2.13. The smallest absolute Gasteiger partial charge is 0.251 e. The predicted molar refractivity (Wildman–Crippen MR) is 83.9 cm³/mol. The van der Waals surface area contributed by atoms with Crippen LogP contribution in [0.15, 0.2) is 29.2 Å². The molecular weight excluding hydrogens is 304 g/mol. The van der Waals surface area contributed by atoms with Crippen LogP contribution in [-0.2, 0) is 14.8 Å². The lowest BCUT2D eigenvalue weighted by atomic mass is 10.2. The van der Waals surface area contributed by atoms with Gasteiger partial charge in [0.2, 0.25) is 10.0 Å². The minimum absolute atomic E-state index is 0.0654. The van der Waals surface area contributed by atoms with Crippen LogP contribution in [0.3, 0.4) is 0 Å². The minimum Gasteiger partial charge on any atom is -0.382 e. The molecule has 6 nitrogen and oxygen atoms in total. The summed E-state index contributed by atoms with van der Waals surface area (Å²) in [5.41, 5.74) is 0.396. The Morgan fingerprint density at radius 1 is 1.32 bits per heavy atom. The fraction of sp³-hybridized carbons (Fsp3) is 0.400. The van der Waals surface area contributed by atoms with E-state index in [2.05, 4.69) is 16.0 Å². The van der Waals surface area contributed by atoms with Crippen LogP contribution in [0.2, 0.25) is 0 Å². The summed E-state index contributed by atoms with van der Waals surface area (Å²) in [5, 5.41) is 2.74. The summed E-state index contributed by atoms with van der Waals surface area (Å²) >= 11 is 0. The zero-order valence-electron chi connectivity index (χ0n) is 12.5. The number of sulfonamides is 1. The summed E-state index contributed by atoms with van der Waals surface area (Å²) < 4.78 is 31.1. The van der Waals surface area contributed by atoms with Gasteiger partial charge in [0, 0.05) is 25.3 Å². The number of carbonyl (C=O) groups is 1. The topological polar surface area (TPSA) is 84.5 Å². The van der Waals surface area contributed by atoms with Crippen molar-refractivity contribution in [2.24, 2.45) is 0 Å². The number of hydrogen-bond donors (Lipinski definition) is 2. The summed E-state index contributed by atoms with van der Waals surface area (Å²) in [6.45, 7) is 3.58. The Kier molecular flexibility index (Phi) is 7.60. The van der Waals surface area contributed by atoms with Gasteiger partial charge in [-0.3, -0.25) is 4.79 Å². The van der Waals surface area contributed by atoms with E-state index in [0.717, 1.165) is 6.42 Å². The average Bonchev–Trinajstić information content (AvgIpc) is 2.52. The van der Waals surface area contributed by atoms with E-state index in [4.69, 9.17) is 11.2 Å². The molecule has 0 bridgehead atoms. The van der Waals surface area contributed by atoms with Gasteiger partial charge in [-0.05, 0) is 37.6 Å². The summed E-state index contributed by atoms with van der Waals surface area (Å²) in [4.78, 5) is 11.9. The van der Waals surface area contributed by atoms with E-state index in [-0.39, 0.29) is 17.3 Å². The number of terminal acetylenes is 1. The third-order valence-electron chi connectivity index (χ3n) is 2.75. The predicted octanol–water partition coefficient (Wildman–Crippen LogP) is 0.754. The fourth-order valence-corrected chi connectivity index (χ4v) is 2.56. The molecule has 1 aromatic carbocycles. The zero-order chi connectivity index (χ0) is 16.4. The molecule has 0 aromatic heterocycles. The molecule has 0 heterocycles. The first-order valence-corrected chi connectivity index (χ1v) is 8.38. The molecule has 0 aliphatic rings. The molecule has 0 unspecified atom stereocenters. The van der Waals surface area contributed by atoms with Crippen molar-refractivity contribution in [2.75, 3.05) is 26.3 Å². The van der Waals surface area contributed by atoms with Crippen molar-refractivity contribution in [3.63, 3.8) is 0 Å². The number of nitrogens with one attached hydrogen (secondary N) is 2. The third kappa shape index (κ3) is 5.85. The SMILES string of the molecule is C#CCNS(=O)(=O)c1ccc(C(=O)NCCCOCC)cc1. The Labute approximate surface area is 131 Å². The lowest BCUT2D eigenvalue weighted by Gasteiger charge is -2.07. The molecule has 2 N–H and O–H groups in total. The lowest BCUT2D eigenvalue weighted by Crippen LogP contribution is -2.26. The maximum Gasteiger partial charge on any atom is 0.251 e. The highest BCUT2D eigenvalue weighted by atomic mass is 32.2. The summed E-state index contributed by atoms with van der Waals surface area (Å²) in [6.07, 6.45) is 5.74. The van der Waals surface area contributed by atoms with Gasteiger partial charge in [0.1, 0.15) is 0 Å². The first-order chi connectivity index (χ1) is 10.5. The van der Waals surface area contributed by atoms with Crippen molar-refractivity contribution in [3.05, 3.63) is 29.8 Å². The van der Waals surface area contributed by atoms with Crippen LogP contribution in [-0.4, -0.2) is 40.6 Å². The lowest BCUT2D eigenvalue weighted by molar-refractivity contribution is 0.0944. The van der Waals surface area contributed by atoms with Crippen LogP contribution >= 0.6 is 0 Å². The van der Waals surface area contributed by atoms with Gasteiger partial charge in [0.25, 0.3) is 5.91 Å². The Hall–Kier alpha value is -1.88. The Morgan fingerprint density at radius 2 is 2.00 bits per heavy atom. The van der Waals surface area contributed by atoms with Crippen molar-refractivity contribution < 1.29 is 17.9 Å². The van der Waals surface area contributed by atoms with E-state index >= 15 is 0 Å². The largest absolute Gasteiger partial charge is 0.382 e. The molecule has 7 heteroatoms. The van der Waals surface area contributed by atoms with Gasteiger partial charge in [-0.1, -0.05) is 5.92 Å². The molecule has 0 saturated heterocycles. The van der Waals surface area contributed by atoms with Crippen LogP contribution in [0.4, 0.5) is 0 Å². The molecule has 22 heavy (non-hydrogen) atoms. The van der Waals surface area contributed by atoms with Crippen molar-refractivity contribution in [1.29, 1.82) is 0 Å². The second-order valence-corrected chi connectivity index (χ2v) is 6.13. The Balaban J connectivity index is 2.57. The number of hydrogen-bond acceptors (Lipinski definition) is 4. The second kappa shape index (κ2) is 9.20. The van der Waals surface area contributed by atoms with Gasteiger partial charge in [-0.2, -0.15) is 4.72 Å². The van der Waals surface area contributed by atoms with Crippen LogP contribution in [0.25, 0.3) is 0 Å². The number of rotatable bonds is 9. The molecule has 120 valence electrons. The summed E-state index contributed by atoms with van der Waals surface area (Å²) in [5.74, 6) is 1.94. The van der Waals surface area contributed by atoms with Crippen molar-refractivity contribution in [2.45, 2.75) is 18.2 Å². The van der Waals surface area contributed by atoms with E-state index in [0.29, 0.717) is 25.3 Å². The van der Waals surface area contributed by atoms with Crippen LogP contribution < -0.4 is 10.0 Å². The molecule has 0 radical (unpaired) electrons. The zero-order valence-corrected chi connectivity index (χ0v) is 13.3. The highest BCUT2D eigenvalue weighted by molar-refractivity contribution is 7.89. The minimum atomic E-state index is -3.63. The third-order valence-corrected chi connectivity index (χ3v) is 4.16. The molecule has 1 aromatic rings. The number of amides is 1. The highest BCUT2D eigenvalue weighted by Crippen LogP contribution is 2.10. The first-order valence-electron chi connectivity index (χ1n) is 6.90. The van der Waals surface area contributed by atoms with Crippen LogP contribution in [0.5, 0.6) is 0 Å². The second-order valence-electron chi connectivity index (χ2n) is 4.36. The quantitative estimate of drug-likeness (QED) is 0.519. The van der Waals surface area contributed by atoms with Gasteiger partial charge in [-0.15, -0.1) is 6.42 Å². The Bertz CT molecular complexity index is 618. The number of carbonyl (C=O) groups excluding carboxylic acids is 1. The van der Waals surface area contributed by atoms with Gasteiger partial charge < -0.3 is 10.1 Å². The first kappa shape index (κ1) is 18.2. The van der Waals surface area contributed by atoms with Gasteiger partial charge in [0.05, 0.1) is 11.4 Å². The average molecular weight is 324 g/mol. The standard InChI is InChI=1S/C15H20N2O4S/c1-3-10-17-22(19,20)14-8-6-13(7-9-14)15(18)16-11-5-12-21-4-2/h1,6-9,17H,4-5,10-12H2,2H3,(H,16,18). The normalized spacial score (nSPS) is 10.9. The molecule has 0 aliphatic heterocycles. The molecule has 1 rings (SSSR count). The molecule has 0 saturated carbocycles. The van der Waals surface area contributed by atoms with Crippen molar-refractivity contribution in [3.8, 4) is 12.3 Å². The summed E-state index contributed by atoms with van der Waals surface area (Å²) in [7, 11) is -3.63. The molecule has 1 amide bonds. The monoisotopic (exact) mass is 324 g/mol. The van der Waals surface area contributed by atoms with Gasteiger partial charge in [0.15, 0.2) is 0 Å². The van der Waals surface area contributed by atoms with Gasteiger partial charge in [-0.25, -0.2) is 8.42 Å². The molecule has 0 aliphatic carbocycles.